The van der Waals surface area contributed by atoms with Crippen LogP contribution < -0.4 is 0 Å². The Labute approximate surface area is 128 Å². The van der Waals surface area contributed by atoms with Gasteiger partial charge in [0.2, 0.25) is 0 Å². The van der Waals surface area contributed by atoms with Crippen LogP contribution in [0.15, 0.2) is 30.3 Å². The maximum Gasteiger partial charge on any atom is 0.155 e. The Hall–Kier alpha value is -1.16. The van der Waals surface area contributed by atoms with Gasteiger partial charge in [-0.25, -0.2) is 0 Å². The van der Waals surface area contributed by atoms with E-state index in [0.717, 1.165) is 24.0 Å². The summed E-state index contributed by atoms with van der Waals surface area (Å²) in [5.74, 6) is 0. The van der Waals surface area contributed by atoms with Gasteiger partial charge >= 0.3 is 0 Å². The highest BCUT2D eigenvalue weighted by molar-refractivity contribution is 6.32. The molecule has 106 valence electrons. The number of ether oxygens (including phenoxy) is 1. The van der Waals surface area contributed by atoms with E-state index in [1.165, 1.54) is 5.56 Å². The Balaban J connectivity index is 1.78. The first kappa shape index (κ1) is 15.2. The molecule has 0 aliphatic heterocycles. The number of benzene rings is 1. The van der Waals surface area contributed by atoms with E-state index in [9.17, 15) is 0 Å². The Morgan fingerprint density at radius 2 is 1.75 bits per heavy atom. The highest BCUT2D eigenvalue weighted by Crippen LogP contribution is 2.23. The number of nitrogens with zero attached hydrogens (tertiary/aromatic N) is 2. The Kier molecular flexibility index (Phi) is 5.77. The van der Waals surface area contributed by atoms with Crippen LogP contribution >= 0.6 is 23.2 Å². The van der Waals surface area contributed by atoms with E-state index in [0.29, 0.717) is 23.5 Å². The van der Waals surface area contributed by atoms with Gasteiger partial charge in [-0.1, -0.05) is 53.5 Å². The third-order valence-electron chi connectivity index (χ3n) is 3.06. The second-order valence-electron chi connectivity index (χ2n) is 4.53. The molecule has 3 nitrogen and oxygen atoms in total. The van der Waals surface area contributed by atoms with E-state index in [4.69, 9.17) is 27.9 Å². The molecular weight excluding hydrogens is 295 g/mol. The van der Waals surface area contributed by atoms with Crippen molar-refractivity contribution in [3.05, 3.63) is 57.3 Å². The smallest absolute Gasteiger partial charge is 0.155 e. The first-order chi connectivity index (χ1) is 9.68. The lowest BCUT2D eigenvalue weighted by Gasteiger charge is -2.08. The maximum atomic E-state index is 6.04. The van der Waals surface area contributed by atoms with Gasteiger partial charge < -0.3 is 4.74 Å². The van der Waals surface area contributed by atoms with E-state index in [2.05, 4.69) is 10.2 Å². The van der Waals surface area contributed by atoms with Crippen LogP contribution in [-0.4, -0.2) is 16.8 Å². The molecular formula is C15H16Cl2N2O. The van der Waals surface area contributed by atoms with E-state index in [1.807, 2.05) is 37.3 Å². The van der Waals surface area contributed by atoms with Crippen LogP contribution in [0.5, 0.6) is 0 Å². The second-order valence-corrected chi connectivity index (χ2v) is 5.24. The predicted octanol–water partition coefficient (Wildman–Crippen LogP) is 4.24. The molecule has 2 aromatic rings. The highest BCUT2D eigenvalue weighted by atomic mass is 35.5. The summed E-state index contributed by atoms with van der Waals surface area (Å²) in [6.07, 6.45) is 1.66. The summed E-state index contributed by atoms with van der Waals surface area (Å²) in [6.45, 7) is 3.20. The van der Waals surface area contributed by atoms with Gasteiger partial charge in [0.15, 0.2) is 10.3 Å². The molecule has 0 bridgehead atoms. The summed E-state index contributed by atoms with van der Waals surface area (Å²) in [5.41, 5.74) is 3.03. The van der Waals surface area contributed by atoms with Crippen LogP contribution in [0.3, 0.4) is 0 Å². The molecule has 0 atom stereocenters. The highest BCUT2D eigenvalue weighted by Gasteiger charge is 2.10. The molecule has 0 N–H and O–H groups in total. The minimum Gasteiger partial charge on any atom is -0.377 e. The minimum absolute atomic E-state index is 0.412. The summed E-state index contributed by atoms with van der Waals surface area (Å²) in [5, 5.41) is 8.44. The summed E-state index contributed by atoms with van der Waals surface area (Å²) in [4.78, 5) is 0. The van der Waals surface area contributed by atoms with Crippen LogP contribution in [0.4, 0.5) is 0 Å². The van der Waals surface area contributed by atoms with Gasteiger partial charge in [-0.2, -0.15) is 0 Å². The van der Waals surface area contributed by atoms with Crippen molar-refractivity contribution in [2.45, 2.75) is 26.4 Å². The van der Waals surface area contributed by atoms with E-state index < -0.39 is 0 Å². The fourth-order valence-corrected chi connectivity index (χ4v) is 2.33. The van der Waals surface area contributed by atoms with Gasteiger partial charge in [0.05, 0.1) is 6.61 Å². The van der Waals surface area contributed by atoms with Gasteiger partial charge in [0, 0.05) is 6.61 Å². The average molecular weight is 311 g/mol. The lowest BCUT2D eigenvalue weighted by molar-refractivity contribution is 0.118. The normalized spacial score (nSPS) is 10.8. The third kappa shape index (κ3) is 4.17. The molecule has 1 aromatic heterocycles. The van der Waals surface area contributed by atoms with Crippen molar-refractivity contribution in [2.24, 2.45) is 0 Å². The number of halogens is 2. The van der Waals surface area contributed by atoms with E-state index >= 15 is 0 Å². The second kappa shape index (κ2) is 7.58. The molecule has 1 aromatic carbocycles. The van der Waals surface area contributed by atoms with Crippen molar-refractivity contribution in [1.82, 2.24) is 10.2 Å². The molecule has 0 saturated carbocycles. The number of aromatic nitrogens is 2. The molecule has 0 saturated heterocycles. The molecule has 1 heterocycles. The van der Waals surface area contributed by atoms with Crippen LogP contribution in [-0.2, 0) is 17.8 Å². The fourth-order valence-electron chi connectivity index (χ4n) is 1.91. The molecule has 0 aliphatic rings. The molecule has 0 amide bonds. The van der Waals surface area contributed by atoms with Gasteiger partial charge in [-0.05, 0) is 36.5 Å². The topological polar surface area (TPSA) is 35.0 Å². The average Bonchev–Trinajstić information content (AvgIpc) is 2.47. The van der Waals surface area contributed by atoms with Gasteiger partial charge in [-0.15, -0.1) is 10.2 Å². The zero-order chi connectivity index (χ0) is 14.4. The van der Waals surface area contributed by atoms with Crippen LogP contribution in [0, 0.1) is 6.92 Å². The molecule has 0 spiro atoms. The summed E-state index contributed by atoms with van der Waals surface area (Å²) in [7, 11) is 0. The van der Waals surface area contributed by atoms with Crippen molar-refractivity contribution in [3.8, 4) is 0 Å². The minimum atomic E-state index is 0.412. The molecule has 20 heavy (non-hydrogen) atoms. The third-order valence-corrected chi connectivity index (χ3v) is 3.73. The van der Waals surface area contributed by atoms with Gasteiger partial charge in [-0.3, -0.25) is 0 Å². The fraction of sp³-hybridized carbons (Fsp3) is 0.333. The van der Waals surface area contributed by atoms with Crippen LogP contribution in [0.25, 0.3) is 0 Å². The van der Waals surface area contributed by atoms with E-state index in [-0.39, 0.29) is 0 Å². The SMILES string of the molecule is Cc1c(Cl)nnc(Cl)c1CCCOCc1ccccc1. The monoisotopic (exact) mass is 310 g/mol. The summed E-state index contributed by atoms with van der Waals surface area (Å²) < 4.78 is 5.64. The lowest BCUT2D eigenvalue weighted by atomic mass is 10.1. The first-order valence-corrected chi connectivity index (χ1v) is 7.23. The van der Waals surface area contributed by atoms with Crippen LogP contribution in [0.1, 0.15) is 23.1 Å². The molecule has 5 heteroatoms. The van der Waals surface area contributed by atoms with E-state index in [1.54, 1.807) is 0 Å². The first-order valence-electron chi connectivity index (χ1n) is 6.47. The molecule has 0 unspecified atom stereocenters. The number of hydrogen-bond acceptors (Lipinski definition) is 3. The van der Waals surface area contributed by atoms with Crippen molar-refractivity contribution in [3.63, 3.8) is 0 Å². The Bertz CT molecular complexity index is 561. The Morgan fingerprint density at radius 3 is 2.50 bits per heavy atom. The standard InChI is InChI=1S/C15H16Cl2N2O/c1-11-13(15(17)19-18-14(11)16)8-5-9-20-10-12-6-3-2-4-7-12/h2-4,6-7H,5,8-10H2,1H3. The van der Waals surface area contributed by atoms with Crippen molar-refractivity contribution < 1.29 is 4.74 Å². The Morgan fingerprint density at radius 1 is 1.05 bits per heavy atom. The van der Waals surface area contributed by atoms with Gasteiger partial charge in [0.1, 0.15) is 0 Å². The predicted molar refractivity (Wildman–Crippen MR) is 81.2 cm³/mol. The molecule has 0 fully saturated rings. The van der Waals surface area contributed by atoms with Crippen molar-refractivity contribution >= 4 is 23.2 Å². The number of rotatable bonds is 6. The summed E-state index contributed by atoms with van der Waals surface area (Å²) >= 11 is 12.0. The lowest BCUT2D eigenvalue weighted by Crippen LogP contribution is -2.01. The molecule has 2 rings (SSSR count). The largest absolute Gasteiger partial charge is 0.377 e. The van der Waals surface area contributed by atoms with Crippen LogP contribution in [0.2, 0.25) is 10.3 Å². The molecule has 0 aliphatic carbocycles. The quantitative estimate of drug-likeness (QED) is 0.748. The zero-order valence-corrected chi connectivity index (χ0v) is 12.8. The molecule has 0 radical (unpaired) electrons. The zero-order valence-electron chi connectivity index (χ0n) is 11.3. The maximum absolute atomic E-state index is 6.04. The summed E-state index contributed by atoms with van der Waals surface area (Å²) in [6, 6.07) is 10.1. The number of hydrogen-bond donors (Lipinski definition) is 0. The van der Waals surface area contributed by atoms with Gasteiger partial charge in [0.25, 0.3) is 0 Å². The van der Waals surface area contributed by atoms with Crippen molar-refractivity contribution in [2.75, 3.05) is 6.61 Å². The van der Waals surface area contributed by atoms with Crippen molar-refractivity contribution in [1.29, 1.82) is 0 Å².